The molecular weight excluding hydrogens is 382 g/mol. The number of hydrogen-bond acceptors (Lipinski definition) is 5. The SMILES string of the molecule is C=CCOc1c(Br)cc(/C=C2\SC(=O)N(C)C2=O)cc1OCC. The monoisotopic (exact) mass is 397 g/mol. The normalized spacial score (nSPS) is 16.1. The maximum absolute atomic E-state index is 12.0. The molecule has 1 aliphatic rings. The molecule has 1 aromatic rings. The summed E-state index contributed by atoms with van der Waals surface area (Å²) in [7, 11) is 1.46. The van der Waals surface area contributed by atoms with Crippen molar-refractivity contribution < 1.29 is 19.1 Å². The van der Waals surface area contributed by atoms with Gasteiger partial charge in [0.15, 0.2) is 11.5 Å². The number of hydrogen-bond donors (Lipinski definition) is 0. The number of ether oxygens (including phenoxy) is 2. The van der Waals surface area contributed by atoms with Gasteiger partial charge < -0.3 is 9.47 Å². The molecule has 0 radical (unpaired) electrons. The number of rotatable bonds is 6. The van der Waals surface area contributed by atoms with Crippen LogP contribution in [0.15, 0.2) is 34.2 Å². The highest BCUT2D eigenvalue weighted by molar-refractivity contribution is 9.10. The highest BCUT2D eigenvalue weighted by Crippen LogP contribution is 2.39. The van der Waals surface area contributed by atoms with E-state index in [1.54, 1.807) is 18.2 Å². The zero-order chi connectivity index (χ0) is 17.0. The summed E-state index contributed by atoms with van der Waals surface area (Å²) in [6.45, 7) is 6.33. The molecule has 0 N–H and O–H groups in total. The molecule has 1 aliphatic heterocycles. The Bertz CT molecular complexity index is 687. The number of nitrogens with zero attached hydrogens (tertiary/aromatic N) is 1. The Balaban J connectivity index is 2.39. The fourth-order valence-corrected chi connectivity index (χ4v) is 3.31. The standard InChI is InChI=1S/C16H16BrNO4S/c1-4-6-22-14-11(17)7-10(8-12(14)21-5-2)9-13-15(19)18(3)16(20)23-13/h4,7-9H,1,5-6H2,2-3H3/b13-9-. The Labute approximate surface area is 147 Å². The third-order valence-corrected chi connectivity index (χ3v) is 4.51. The van der Waals surface area contributed by atoms with E-state index in [-0.39, 0.29) is 11.1 Å². The topological polar surface area (TPSA) is 55.8 Å². The molecule has 0 aromatic heterocycles. The van der Waals surface area contributed by atoms with Crippen molar-refractivity contribution >= 4 is 44.9 Å². The fraction of sp³-hybridized carbons (Fsp3) is 0.250. The number of imide groups is 1. The first-order valence-electron chi connectivity index (χ1n) is 6.89. The van der Waals surface area contributed by atoms with Crippen LogP contribution in [0.3, 0.4) is 0 Å². The van der Waals surface area contributed by atoms with Crippen LogP contribution in [0.5, 0.6) is 11.5 Å². The first-order valence-corrected chi connectivity index (χ1v) is 8.50. The van der Waals surface area contributed by atoms with Gasteiger partial charge in [-0.2, -0.15) is 0 Å². The van der Waals surface area contributed by atoms with Crippen molar-refractivity contribution in [3.05, 3.63) is 39.7 Å². The smallest absolute Gasteiger partial charge is 0.293 e. The predicted octanol–water partition coefficient (Wildman–Crippen LogP) is 4.08. The van der Waals surface area contributed by atoms with E-state index in [1.165, 1.54) is 7.05 Å². The van der Waals surface area contributed by atoms with Crippen molar-refractivity contribution in [2.24, 2.45) is 0 Å². The van der Waals surface area contributed by atoms with Crippen LogP contribution in [0.2, 0.25) is 0 Å². The number of thioether (sulfide) groups is 1. The zero-order valence-corrected chi connectivity index (χ0v) is 15.2. The number of benzene rings is 1. The lowest BCUT2D eigenvalue weighted by Crippen LogP contribution is -2.22. The van der Waals surface area contributed by atoms with Crippen molar-refractivity contribution in [3.63, 3.8) is 0 Å². The molecule has 0 unspecified atom stereocenters. The third-order valence-electron chi connectivity index (χ3n) is 2.96. The number of halogens is 1. The van der Waals surface area contributed by atoms with E-state index >= 15 is 0 Å². The van der Waals surface area contributed by atoms with Crippen LogP contribution in [-0.4, -0.2) is 36.3 Å². The first kappa shape index (κ1) is 17.6. The minimum Gasteiger partial charge on any atom is -0.490 e. The van der Waals surface area contributed by atoms with Crippen molar-refractivity contribution in [1.82, 2.24) is 4.90 Å². The lowest BCUT2D eigenvalue weighted by atomic mass is 10.2. The number of carbonyl (C=O) groups excluding carboxylic acids is 2. The van der Waals surface area contributed by atoms with Gasteiger partial charge in [0, 0.05) is 7.05 Å². The van der Waals surface area contributed by atoms with Gasteiger partial charge in [0.25, 0.3) is 11.1 Å². The minimum absolute atomic E-state index is 0.281. The Kier molecular flexibility index (Phi) is 5.90. The van der Waals surface area contributed by atoms with Crippen LogP contribution in [-0.2, 0) is 4.79 Å². The summed E-state index contributed by atoms with van der Waals surface area (Å²) >= 11 is 4.37. The molecule has 2 amide bonds. The molecule has 0 atom stereocenters. The number of carbonyl (C=O) groups is 2. The second-order valence-electron chi connectivity index (χ2n) is 4.60. The van der Waals surface area contributed by atoms with Crippen LogP contribution in [0.4, 0.5) is 4.79 Å². The van der Waals surface area contributed by atoms with Crippen LogP contribution in [0.25, 0.3) is 6.08 Å². The number of amides is 2. The van der Waals surface area contributed by atoms with E-state index in [4.69, 9.17) is 9.47 Å². The lowest BCUT2D eigenvalue weighted by Gasteiger charge is -2.13. The van der Waals surface area contributed by atoms with Gasteiger partial charge in [0.1, 0.15) is 6.61 Å². The Morgan fingerprint density at radius 3 is 2.65 bits per heavy atom. The maximum Gasteiger partial charge on any atom is 0.293 e. The Hall–Kier alpha value is -1.73. The van der Waals surface area contributed by atoms with Gasteiger partial charge in [-0.15, -0.1) is 0 Å². The van der Waals surface area contributed by atoms with Gasteiger partial charge in [-0.3, -0.25) is 14.5 Å². The van der Waals surface area contributed by atoms with Gasteiger partial charge in [0.05, 0.1) is 16.0 Å². The molecule has 5 nitrogen and oxygen atoms in total. The highest BCUT2D eigenvalue weighted by Gasteiger charge is 2.31. The summed E-state index contributed by atoms with van der Waals surface area (Å²) < 4.78 is 11.9. The van der Waals surface area contributed by atoms with Gasteiger partial charge >= 0.3 is 0 Å². The second kappa shape index (κ2) is 7.70. The van der Waals surface area contributed by atoms with Crippen LogP contribution < -0.4 is 9.47 Å². The minimum atomic E-state index is -0.305. The van der Waals surface area contributed by atoms with E-state index in [2.05, 4.69) is 22.5 Å². The predicted molar refractivity (Wildman–Crippen MR) is 94.7 cm³/mol. The van der Waals surface area contributed by atoms with Crippen LogP contribution in [0, 0.1) is 0 Å². The third kappa shape index (κ3) is 3.97. The fourth-order valence-electron chi connectivity index (χ4n) is 1.91. The van der Waals surface area contributed by atoms with E-state index in [1.807, 2.05) is 13.0 Å². The van der Waals surface area contributed by atoms with Crippen LogP contribution in [0.1, 0.15) is 12.5 Å². The van der Waals surface area contributed by atoms with Crippen molar-refractivity contribution in [1.29, 1.82) is 0 Å². The molecule has 0 aliphatic carbocycles. The Morgan fingerprint density at radius 1 is 1.35 bits per heavy atom. The molecule has 1 saturated heterocycles. The second-order valence-corrected chi connectivity index (χ2v) is 6.45. The summed E-state index contributed by atoms with van der Waals surface area (Å²) in [5.74, 6) is 0.833. The molecular formula is C16H16BrNO4S. The average Bonchev–Trinajstić information content (AvgIpc) is 2.74. The quantitative estimate of drug-likeness (QED) is 0.534. The van der Waals surface area contributed by atoms with Crippen LogP contribution >= 0.6 is 27.7 Å². The summed E-state index contributed by atoms with van der Waals surface area (Å²) in [5, 5.41) is -0.281. The van der Waals surface area contributed by atoms with Gasteiger partial charge in [-0.05, 0) is 58.4 Å². The van der Waals surface area contributed by atoms with E-state index in [9.17, 15) is 9.59 Å². The van der Waals surface area contributed by atoms with Crippen molar-refractivity contribution in [2.75, 3.05) is 20.3 Å². The molecule has 7 heteroatoms. The molecule has 1 heterocycles. The molecule has 2 rings (SSSR count). The highest BCUT2D eigenvalue weighted by atomic mass is 79.9. The van der Waals surface area contributed by atoms with Crippen molar-refractivity contribution in [2.45, 2.75) is 6.92 Å². The summed E-state index contributed by atoms with van der Waals surface area (Å²) in [6, 6.07) is 3.58. The number of likely N-dealkylation sites (N-methyl/N-ethyl adjacent to an activating group) is 1. The molecule has 122 valence electrons. The van der Waals surface area contributed by atoms with Gasteiger partial charge in [-0.25, -0.2) is 0 Å². The molecule has 1 aromatic carbocycles. The summed E-state index contributed by atoms with van der Waals surface area (Å²) in [4.78, 5) is 25.0. The molecule has 0 spiro atoms. The first-order chi connectivity index (χ1) is 11.0. The maximum atomic E-state index is 12.0. The molecule has 23 heavy (non-hydrogen) atoms. The zero-order valence-electron chi connectivity index (χ0n) is 12.8. The largest absolute Gasteiger partial charge is 0.490 e. The van der Waals surface area contributed by atoms with Gasteiger partial charge in [0.2, 0.25) is 0 Å². The Morgan fingerprint density at radius 2 is 2.09 bits per heavy atom. The average molecular weight is 398 g/mol. The van der Waals surface area contributed by atoms with Crippen molar-refractivity contribution in [3.8, 4) is 11.5 Å². The van der Waals surface area contributed by atoms with Gasteiger partial charge in [-0.1, -0.05) is 12.7 Å². The van der Waals surface area contributed by atoms with E-state index < -0.39 is 0 Å². The summed E-state index contributed by atoms with van der Waals surface area (Å²) in [6.07, 6.45) is 3.31. The van der Waals surface area contributed by atoms with E-state index in [0.29, 0.717) is 34.1 Å². The lowest BCUT2D eigenvalue weighted by molar-refractivity contribution is -0.121. The molecule has 0 saturated carbocycles. The summed E-state index contributed by atoms with van der Waals surface area (Å²) in [5.41, 5.74) is 0.741. The molecule has 1 fully saturated rings. The molecule has 0 bridgehead atoms. The van der Waals surface area contributed by atoms with E-state index in [0.717, 1.165) is 22.2 Å².